The minimum atomic E-state index is -0.848. The first-order chi connectivity index (χ1) is 7.16. The van der Waals surface area contributed by atoms with E-state index in [1.165, 1.54) is 0 Å². The van der Waals surface area contributed by atoms with Crippen molar-refractivity contribution >= 4 is 27.6 Å². The van der Waals surface area contributed by atoms with Gasteiger partial charge in [0.1, 0.15) is 0 Å². The van der Waals surface area contributed by atoms with Crippen LogP contribution in [0.2, 0.25) is 0 Å². The smallest absolute Gasteiger partial charge is 0.336 e. The zero-order valence-electron chi connectivity index (χ0n) is 8.77. The fraction of sp³-hybridized carbons (Fsp3) is 0.364. The predicted octanol–water partition coefficient (Wildman–Crippen LogP) is 3.85. The molecule has 1 aromatic rings. The lowest BCUT2D eigenvalue weighted by molar-refractivity contribution is 0.0695. The first-order valence-electron chi connectivity index (χ1n) is 4.77. The normalized spacial score (nSPS) is 12.4. The molecule has 2 nitrogen and oxygen atoms in total. The van der Waals surface area contributed by atoms with Crippen molar-refractivity contribution in [2.45, 2.75) is 19.1 Å². The summed E-state index contributed by atoms with van der Waals surface area (Å²) in [5, 5.41) is 9.23. The minimum absolute atomic E-state index is 0.210. The molecule has 1 unspecified atom stereocenters. The van der Waals surface area contributed by atoms with Crippen molar-refractivity contribution in [1.29, 1.82) is 0 Å². The molecule has 0 saturated heterocycles. The quantitative estimate of drug-likeness (QED) is 0.796. The summed E-state index contributed by atoms with van der Waals surface area (Å²) >= 11 is 0. The van der Waals surface area contributed by atoms with Gasteiger partial charge in [-0.05, 0) is 18.6 Å². The third kappa shape index (κ3) is 3.47. The molecule has 4 heteroatoms. The molecule has 0 saturated carbocycles. The highest BCUT2D eigenvalue weighted by molar-refractivity contribution is 8.76. The van der Waals surface area contributed by atoms with Crippen molar-refractivity contribution in [2.75, 3.05) is 5.75 Å². The molecule has 1 atom stereocenters. The predicted molar refractivity (Wildman–Crippen MR) is 67.5 cm³/mol. The molecule has 0 fully saturated rings. The molecular formula is C11H14O2S2. The fourth-order valence-electron chi connectivity index (χ4n) is 1.27. The molecule has 0 aliphatic heterocycles. The summed E-state index contributed by atoms with van der Waals surface area (Å²) in [6, 6.07) is 7.19. The molecule has 0 amide bonds. The van der Waals surface area contributed by atoms with Gasteiger partial charge < -0.3 is 5.11 Å². The lowest BCUT2D eigenvalue weighted by atomic mass is 10.1. The second kappa shape index (κ2) is 6.08. The van der Waals surface area contributed by atoms with Gasteiger partial charge in [0.2, 0.25) is 0 Å². The molecule has 82 valence electrons. The zero-order valence-corrected chi connectivity index (χ0v) is 10.4. The van der Waals surface area contributed by atoms with E-state index in [1.54, 1.807) is 33.7 Å². The summed E-state index contributed by atoms with van der Waals surface area (Å²) in [6.45, 7) is 4.13. The van der Waals surface area contributed by atoms with E-state index in [2.05, 4.69) is 6.92 Å². The number of rotatable bonds is 5. The fourth-order valence-corrected chi connectivity index (χ4v) is 3.25. The van der Waals surface area contributed by atoms with Gasteiger partial charge >= 0.3 is 5.97 Å². The van der Waals surface area contributed by atoms with E-state index in [1.807, 2.05) is 19.1 Å². The summed E-state index contributed by atoms with van der Waals surface area (Å²) < 4.78 is 0. The summed E-state index contributed by atoms with van der Waals surface area (Å²) in [5.74, 6) is 0.184. The molecule has 1 aromatic carbocycles. The van der Waals surface area contributed by atoms with Crippen molar-refractivity contribution < 1.29 is 9.90 Å². The Kier molecular flexibility index (Phi) is 5.05. The molecular weight excluding hydrogens is 228 g/mol. The topological polar surface area (TPSA) is 37.3 Å². The average molecular weight is 242 g/mol. The molecule has 1 N–H and O–H groups in total. The highest BCUT2D eigenvalue weighted by Gasteiger charge is 2.14. The van der Waals surface area contributed by atoms with Gasteiger partial charge in [0.25, 0.3) is 0 Å². The van der Waals surface area contributed by atoms with Gasteiger partial charge in [-0.25, -0.2) is 4.79 Å². The van der Waals surface area contributed by atoms with Crippen molar-refractivity contribution in [1.82, 2.24) is 0 Å². The Hall–Kier alpha value is -0.610. The van der Waals surface area contributed by atoms with Crippen LogP contribution in [0.15, 0.2) is 24.3 Å². The van der Waals surface area contributed by atoms with Gasteiger partial charge in [0.15, 0.2) is 0 Å². The largest absolute Gasteiger partial charge is 0.478 e. The second-order valence-corrected chi connectivity index (χ2v) is 6.03. The van der Waals surface area contributed by atoms with Crippen molar-refractivity contribution in [3.05, 3.63) is 35.4 Å². The maximum absolute atomic E-state index is 11.0. The number of benzene rings is 1. The van der Waals surface area contributed by atoms with E-state index in [0.717, 1.165) is 11.3 Å². The third-order valence-corrected chi connectivity index (χ3v) is 4.86. The summed E-state index contributed by atoms with van der Waals surface area (Å²) in [7, 11) is 3.47. The average Bonchev–Trinajstić information content (AvgIpc) is 2.25. The number of carboxylic acids is 1. The van der Waals surface area contributed by atoms with Gasteiger partial charge in [0, 0.05) is 11.0 Å². The van der Waals surface area contributed by atoms with E-state index in [-0.39, 0.29) is 5.25 Å². The Morgan fingerprint density at radius 2 is 2.13 bits per heavy atom. The van der Waals surface area contributed by atoms with Gasteiger partial charge in [-0.1, -0.05) is 46.7 Å². The highest BCUT2D eigenvalue weighted by atomic mass is 33.1. The second-order valence-electron chi connectivity index (χ2n) is 3.04. The Morgan fingerprint density at radius 1 is 1.47 bits per heavy atom. The van der Waals surface area contributed by atoms with Crippen LogP contribution >= 0.6 is 21.6 Å². The lowest BCUT2D eigenvalue weighted by Gasteiger charge is -2.12. The number of carboxylic acid groups (broad SMARTS) is 1. The monoisotopic (exact) mass is 242 g/mol. The van der Waals surface area contributed by atoms with Gasteiger partial charge in [0.05, 0.1) is 5.56 Å². The Balaban J connectivity index is 2.87. The van der Waals surface area contributed by atoms with Crippen molar-refractivity contribution in [2.24, 2.45) is 0 Å². The molecule has 0 heterocycles. The molecule has 0 aliphatic rings. The molecule has 0 aliphatic carbocycles. The van der Waals surface area contributed by atoms with Crippen LogP contribution in [0.4, 0.5) is 0 Å². The maximum Gasteiger partial charge on any atom is 0.336 e. The van der Waals surface area contributed by atoms with E-state index >= 15 is 0 Å². The van der Waals surface area contributed by atoms with Crippen LogP contribution in [0.25, 0.3) is 0 Å². The molecule has 15 heavy (non-hydrogen) atoms. The molecule has 0 spiro atoms. The Bertz CT molecular complexity index is 339. The van der Waals surface area contributed by atoms with Crippen LogP contribution < -0.4 is 0 Å². The van der Waals surface area contributed by atoms with Crippen LogP contribution in [0, 0.1) is 0 Å². The van der Waals surface area contributed by atoms with E-state index in [0.29, 0.717) is 5.56 Å². The van der Waals surface area contributed by atoms with Crippen LogP contribution in [0.3, 0.4) is 0 Å². The van der Waals surface area contributed by atoms with Crippen LogP contribution in [-0.4, -0.2) is 16.8 Å². The number of aromatic carboxylic acids is 1. The van der Waals surface area contributed by atoms with Gasteiger partial charge in [-0.3, -0.25) is 0 Å². The first-order valence-corrected chi connectivity index (χ1v) is 7.15. The molecule has 0 radical (unpaired) electrons. The Labute approximate surface area is 97.9 Å². The van der Waals surface area contributed by atoms with Crippen LogP contribution in [0.5, 0.6) is 0 Å². The van der Waals surface area contributed by atoms with Crippen molar-refractivity contribution in [3.63, 3.8) is 0 Å². The van der Waals surface area contributed by atoms with Gasteiger partial charge in [-0.15, -0.1) is 0 Å². The van der Waals surface area contributed by atoms with E-state index in [4.69, 9.17) is 5.11 Å². The summed E-state index contributed by atoms with van der Waals surface area (Å²) in [4.78, 5) is 11.0. The standard InChI is InChI=1S/C11H14O2S2/c1-3-14-15-8(2)9-6-4-5-7-10(9)11(12)13/h4-8H,3H2,1-2H3,(H,12,13). The Morgan fingerprint density at radius 3 is 2.73 bits per heavy atom. The van der Waals surface area contributed by atoms with E-state index in [9.17, 15) is 4.79 Å². The number of hydrogen-bond acceptors (Lipinski definition) is 3. The summed E-state index contributed by atoms with van der Waals surface area (Å²) in [5.41, 5.74) is 1.31. The van der Waals surface area contributed by atoms with Crippen molar-refractivity contribution in [3.8, 4) is 0 Å². The molecule has 0 aromatic heterocycles. The molecule has 1 rings (SSSR count). The third-order valence-electron chi connectivity index (χ3n) is 1.96. The minimum Gasteiger partial charge on any atom is -0.478 e. The van der Waals surface area contributed by atoms with Crippen LogP contribution in [0.1, 0.15) is 35.0 Å². The van der Waals surface area contributed by atoms with Gasteiger partial charge in [-0.2, -0.15) is 0 Å². The number of hydrogen-bond donors (Lipinski definition) is 1. The molecule has 0 bridgehead atoms. The lowest BCUT2D eigenvalue weighted by Crippen LogP contribution is -2.02. The number of carbonyl (C=O) groups is 1. The first kappa shape index (κ1) is 12.5. The summed E-state index contributed by atoms with van der Waals surface area (Å²) in [6.07, 6.45) is 0. The van der Waals surface area contributed by atoms with E-state index < -0.39 is 5.97 Å². The zero-order chi connectivity index (χ0) is 11.3. The highest BCUT2D eigenvalue weighted by Crippen LogP contribution is 2.38. The maximum atomic E-state index is 11.0. The van der Waals surface area contributed by atoms with Crippen LogP contribution in [-0.2, 0) is 0 Å². The SMILES string of the molecule is CCSSC(C)c1ccccc1C(=O)O.